The number of aromatic nitrogens is 2. The summed E-state index contributed by atoms with van der Waals surface area (Å²) >= 11 is 0. The van der Waals surface area contributed by atoms with Gasteiger partial charge in [-0.15, -0.1) is 0 Å². The summed E-state index contributed by atoms with van der Waals surface area (Å²) in [5.41, 5.74) is 13.1. The number of pyridine rings is 2. The molecule has 4 atom stereocenters. The van der Waals surface area contributed by atoms with E-state index in [1.807, 2.05) is 32.0 Å². The van der Waals surface area contributed by atoms with Crippen LogP contribution in [0.1, 0.15) is 68.8 Å². The second kappa shape index (κ2) is 10.4. The molecule has 0 amide bonds. The molecule has 11 nitrogen and oxygen atoms in total. The predicted octanol–water partition coefficient (Wildman–Crippen LogP) is 5.19. The zero-order valence-electron chi connectivity index (χ0n) is 26.6. The first-order chi connectivity index (χ1) is 22.4. The van der Waals surface area contributed by atoms with Crippen molar-refractivity contribution in [3.63, 3.8) is 0 Å². The molecule has 5 aliphatic rings. The van der Waals surface area contributed by atoms with E-state index in [4.69, 9.17) is 30.1 Å². The highest BCUT2D eigenvalue weighted by Crippen LogP contribution is 2.60. The first-order valence-corrected chi connectivity index (χ1v) is 16.3. The highest BCUT2D eigenvalue weighted by molar-refractivity contribution is 5.88. The van der Waals surface area contributed by atoms with Gasteiger partial charge < -0.3 is 35.2 Å². The smallest absolute Gasteiger partial charge is 0.341 e. The maximum absolute atomic E-state index is 14.3. The average Bonchev–Trinajstić information content (AvgIpc) is 3.74. The van der Waals surface area contributed by atoms with Crippen LogP contribution in [0.4, 0.5) is 11.6 Å². The molecule has 4 aromatic rings. The van der Waals surface area contributed by atoms with Crippen LogP contribution >= 0.6 is 0 Å². The number of aromatic hydroxyl groups is 1. The number of aryl methyl sites for hydroxylation is 2. The van der Waals surface area contributed by atoms with Crippen molar-refractivity contribution in [3.8, 4) is 22.8 Å². The van der Waals surface area contributed by atoms with Gasteiger partial charge in [0.05, 0.1) is 11.8 Å². The van der Waals surface area contributed by atoms with E-state index in [1.54, 1.807) is 25.3 Å². The van der Waals surface area contributed by atoms with Gasteiger partial charge in [0.15, 0.2) is 11.0 Å². The standard InChI is InChI=1S/C36H38N4O7/c1-17-12-23(41)30-24(44-17)16-25-31(32(30)42)29-19-5-7-21(8-6-19)36(34(43)45-33(29)35(2,3)46-25)26(47-36)9-4-18-13-22(40-28(38)14-18)20-10-11-39-27(37)15-20/h10-16,19,21,26,29,33,42H,4-9H2,1-3H3,(H2,37,39)(H2,38,40)/t19?,21?,26-,29+,33-,36-/m1/s1. The number of nitrogen functional groups attached to an aromatic ring is 2. The van der Waals surface area contributed by atoms with Gasteiger partial charge in [-0.2, -0.15) is 0 Å². The number of epoxide rings is 1. The van der Waals surface area contributed by atoms with Gasteiger partial charge in [0, 0.05) is 41.3 Å². The molecule has 2 bridgehead atoms. The monoisotopic (exact) mass is 638 g/mol. The quantitative estimate of drug-likeness (QED) is 0.198. The van der Waals surface area contributed by atoms with E-state index < -0.39 is 17.3 Å². The van der Waals surface area contributed by atoms with Crippen LogP contribution < -0.4 is 21.6 Å². The second-order valence-electron chi connectivity index (χ2n) is 14.1. The Morgan fingerprint density at radius 3 is 2.57 bits per heavy atom. The minimum Gasteiger partial charge on any atom is -0.507 e. The molecule has 3 aromatic heterocycles. The summed E-state index contributed by atoms with van der Waals surface area (Å²) in [6.07, 6.45) is 5.10. The summed E-state index contributed by atoms with van der Waals surface area (Å²) in [4.78, 5) is 35.9. The largest absolute Gasteiger partial charge is 0.507 e. The number of fused-ring (bicyclic) bond motifs is 5. The molecule has 11 heteroatoms. The third-order valence-corrected chi connectivity index (χ3v) is 10.7. The molecule has 1 saturated carbocycles. The van der Waals surface area contributed by atoms with Gasteiger partial charge in [-0.25, -0.2) is 14.8 Å². The van der Waals surface area contributed by atoms with E-state index in [0.29, 0.717) is 47.2 Å². The SMILES string of the molecule is Cc1cc(=O)c2c(O)c3c(cc2o1)OC(C)(C)[C@@H]1OC(=O)[C@@]2(O[C@@H]2CCc2cc(N)nc(-c4ccnc(N)c4)c2)C2CCC(CC2)[C@@H]31. The van der Waals surface area contributed by atoms with E-state index in [1.165, 1.54) is 6.07 Å². The van der Waals surface area contributed by atoms with Gasteiger partial charge in [-0.1, -0.05) is 0 Å². The van der Waals surface area contributed by atoms with E-state index in [0.717, 1.165) is 36.8 Å². The molecule has 1 spiro atoms. The topological polar surface area (TPSA) is 176 Å². The number of nitrogens with two attached hydrogens (primary N) is 2. The van der Waals surface area contributed by atoms with Crippen LogP contribution in [0.3, 0.4) is 0 Å². The number of phenolic OH excluding ortho intramolecular Hbond substituents is 1. The molecule has 1 aliphatic carbocycles. The number of carbonyl (C=O) groups excluding carboxylic acids is 1. The lowest BCUT2D eigenvalue weighted by Crippen LogP contribution is -2.53. The van der Waals surface area contributed by atoms with Crippen LogP contribution in [-0.4, -0.2) is 44.5 Å². The van der Waals surface area contributed by atoms with Crippen molar-refractivity contribution in [1.29, 1.82) is 0 Å². The summed E-state index contributed by atoms with van der Waals surface area (Å²) in [5, 5.41) is 11.7. The Bertz CT molecular complexity index is 2000. The number of hydrogen-bond donors (Lipinski definition) is 3. The highest BCUT2D eigenvalue weighted by Gasteiger charge is 2.69. The van der Waals surface area contributed by atoms with Gasteiger partial charge in [0.25, 0.3) is 0 Å². The van der Waals surface area contributed by atoms with E-state index in [9.17, 15) is 14.7 Å². The van der Waals surface area contributed by atoms with Crippen molar-refractivity contribution < 1.29 is 28.5 Å². The fraction of sp³-hybridized carbons (Fsp3) is 0.444. The first kappa shape index (κ1) is 29.7. The number of anilines is 2. The fourth-order valence-corrected chi connectivity index (χ4v) is 8.55. The van der Waals surface area contributed by atoms with Crippen LogP contribution in [0, 0.1) is 18.8 Å². The van der Waals surface area contributed by atoms with Crippen molar-refractivity contribution in [1.82, 2.24) is 9.97 Å². The number of esters is 1. The van der Waals surface area contributed by atoms with Gasteiger partial charge >= 0.3 is 5.97 Å². The molecule has 7 heterocycles. The van der Waals surface area contributed by atoms with Gasteiger partial charge in [0.1, 0.15) is 51.6 Å². The van der Waals surface area contributed by atoms with Gasteiger partial charge in [-0.05, 0) is 95.0 Å². The Morgan fingerprint density at radius 1 is 1.02 bits per heavy atom. The lowest BCUT2D eigenvalue weighted by atomic mass is 9.66. The number of benzene rings is 1. The fourth-order valence-electron chi connectivity index (χ4n) is 8.55. The minimum absolute atomic E-state index is 0.0120. The molecule has 47 heavy (non-hydrogen) atoms. The van der Waals surface area contributed by atoms with Gasteiger partial charge in [0.2, 0.25) is 0 Å². The zero-order chi connectivity index (χ0) is 32.8. The molecule has 3 saturated heterocycles. The van der Waals surface area contributed by atoms with E-state index >= 15 is 0 Å². The zero-order valence-corrected chi connectivity index (χ0v) is 26.6. The van der Waals surface area contributed by atoms with Crippen LogP contribution in [0.2, 0.25) is 0 Å². The number of ether oxygens (including phenoxy) is 3. The highest BCUT2D eigenvalue weighted by atomic mass is 16.7. The summed E-state index contributed by atoms with van der Waals surface area (Å²) in [5.74, 6) is 0.909. The minimum atomic E-state index is -1.04. The van der Waals surface area contributed by atoms with Crippen molar-refractivity contribution in [3.05, 3.63) is 69.7 Å². The second-order valence-corrected chi connectivity index (χ2v) is 14.1. The number of phenols is 1. The lowest BCUT2D eigenvalue weighted by molar-refractivity contribution is -0.172. The average molecular weight is 639 g/mol. The summed E-state index contributed by atoms with van der Waals surface area (Å²) in [6.45, 7) is 5.50. The van der Waals surface area contributed by atoms with Crippen molar-refractivity contribution in [2.45, 2.75) is 88.6 Å². The Labute approximate surface area is 271 Å². The molecule has 5 N–H and O–H groups in total. The van der Waals surface area contributed by atoms with E-state index in [2.05, 4.69) is 9.97 Å². The maximum atomic E-state index is 14.3. The molecule has 4 aliphatic heterocycles. The van der Waals surface area contributed by atoms with Gasteiger partial charge in [-0.3, -0.25) is 4.79 Å². The molecule has 9 rings (SSSR count). The van der Waals surface area contributed by atoms with Crippen molar-refractivity contribution >= 4 is 28.6 Å². The Hall–Kier alpha value is -4.64. The van der Waals surface area contributed by atoms with E-state index in [-0.39, 0.29) is 52.0 Å². The molecule has 4 fully saturated rings. The Morgan fingerprint density at radius 2 is 1.81 bits per heavy atom. The molecule has 0 unspecified atom stereocenters. The normalized spacial score (nSPS) is 28.8. The lowest BCUT2D eigenvalue weighted by Gasteiger charge is -2.47. The number of rotatable bonds is 4. The van der Waals surface area contributed by atoms with Crippen molar-refractivity contribution in [2.24, 2.45) is 11.8 Å². The molecule has 244 valence electrons. The maximum Gasteiger partial charge on any atom is 0.341 e. The van der Waals surface area contributed by atoms with Crippen LogP contribution in [-0.2, 0) is 20.7 Å². The number of carbonyl (C=O) groups is 1. The molecular formula is C36H38N4O7. The van der Waals surface area contributed by atoms with Crippen molar-refractivity contribution in [2.75, 3.05) is 11.5 Å². The van der Waals surface area contributed by atoms with Crippen LogP contribution in [0.15, 0.2) is 51.8 Å². The first-order valence-electron chi connectivity index (χ1n) is 16.3. The molecule has 0 radical (unpaired) electrons. The van der Waals surface area contributed by atoms with Crippen LogP contribution in [0.5, 0.6) is 11.5 Å². The summed E-state index contributed by atoms with van der Waals surface area (Å²) < 4.78 is 25.1. The Kier molecular flexibility index (Phi) is 6.60. The predicted molar refractivity (Wildman–Crippen MR) is 174 cm³/mol. The Balaban J connectivity index is 1.10. The summed E-state index contributed by atoms with van der Waals surface area (Å²) in [6, 6.07) is 10.5. The third kappa shape index (κ3) is 4.73. The molecular weight excluding hydrogens is 600 g/mol. The number of hydrogen-bond acceptors (Lipinski definition) is 11. The molecule has 1 aromatic carbocycles. The number of nitrogens with zero attached hydrogens (tertiary/aromatic N) is 2. The third-order valence-electron chi connectivity index (χ3n) is 10.7. The van der Waals surface area contributed by atoms with Crippen LogP contribution in [0.25, 0.3) is 22.2 Å². The summed E-state index contributed by atoms with van der Waals surface area (Å²) in [7, 11) is 0.